The summed E-state index contributed by atoms with van der Waals surface area (Å²) < 4.78 is 13.7. The Kier molecular flexibility index (Phi) is 7.05. The average Bonchev–Trinajstić information content (AvgIpc) is 3.51. The molecule has 3 aliphatic rings. The Morgan fingerprint density at radius 1 is 1.02 bits per heavy atom. The first-order valence-electron chi connectivity index (χ1n) is 14.8. The lowest BCUT2D eigenvalue weighted by molar-refractivity contribution is -0.123. The third-order valence-corrected chi connectivity index (χ3v) is 10.5. The van der Waals surface area contributed by atoms with Crippen LogP contribution in [0.5, 0.6) is 11.5 Å². The number of fused-ring (bicyclic) bond motifs is 2. The highest BCUT2D eigenvalue weighted by Crippen LogP contribution is 2.56. The molecule has 8 heteroatoms. The number of carbonyl (C=O) groups is 1. The lowest BCUT2D eigenvalue weighted by Crippen LogP contribution is -2.46. The number of nitrogens with zero attached hydrogens (tertiary/aromatic N) is 2. The highest BCUT2D eigenvalue weighted by atomic mass is 32.1. The second-order valence-electron chi connectivity index (χ2n) is 12.5. The van der Waals surface area contributed by atoms with Crippen LogP contribution in [0.4, 0.5) is 0 Å². The molecule has 6 rings (SSSR count). The fourth-order valence-electron chi connectivity index (χ4n) is 7.11. The Bertz CT molecular complexity index is 1580. The van der Waals surface area contributed by atoms with Gasteiger partial charge in [0.25, 0.3) is 17.3 Å². The third-order valence-electron chi connectivity index (χ3n) is 9.49. The Morgan fingerprint density at radius 3 is 2.37 bits per heavy atom. The number of benzene rings is 1. The average molecular weight is 576 g/mol. The minimum Gasteiger partial charge on any atom is -0.448 e. The Labute approximate surface area is 246 Å². The molecule has 41 heavy (non-hydrogen) atoms. The zero-order valence-electron chi connectivity index (χ0n) is 25.3. The van der Waals surface area contributed by atoms with Crippen molar-refractivity contribution in [3.8, 4) is 21.9 Å². The maximum Gasteiger partial charge on any atom is 0.254 e. The Hall–Kier alpha value is -3.10. The standard InChI is InChI=1S/C33H41N3O4S/c1-18-16-19(2)34-31(37)25(18)17-36-15-14-24-27(32(36)38)21(4)29-30(28(24)26-13-8-20(3)41-26)40-33(5,39-29)22-9-11-23(12-10-22)35(6)7/h8,13,16,22-23H,9-12,14-15,17H2,1-7H3,(H,34,37). The van der Waals surface area contributed by atoms with Gasteiger partial charge in [0.05, 0.1) is 12.1 Å². The number of aryl methyl sites for hydroxylation is 3. The van der Waals surface area contributed by atoms with Crippen molar-refractivity contribution in [1.82, 2.24) is 14.8 Å². The summed E-state index contributed by atoms with van der Waals surface area (Å²) in [6.07, 6.45) is 5.01. The van der Waals surface area contributed by atoms with Crippen LogP contribution in [-0.2, 0) is 13.0 Å². The van der Waals surface area contributed by atoms with Crippen molar-refractivity contribution in [2.75, 3.05) is 20.6 Å². The summed E-state index contributed by atoms with van der Waals surface area (Å²) in [7, 11) is 4.32. The van der Waals surface area contributed by atoms with Crippen LogP contribution in [0.3, 0.4) is 0 Å². The van der Waals surface area contributed by atoms with Gasteiger partial charge in [0, 0.05) is 57.6 Å². The van der Waals surface area contributed by atoms with Gasteiger partial charge in [-0.25, -0.2) is 0 Å². The third kappa shape index (κ3) is 4.79. The van der Waals surface area contributed by atoms with E-state index in [1.54, 1.807) is 11.3 Å². The molecule has 0 radical (unpaired) electrons. The van der Waals surface area contributed by atoms with E-state index >= 15 is 0 Å². The van der Waals surface area contributed by atoms with Gasteiger partial charge in [-0.3, -0.25) is 9.59 Å². The maximum atomic E-state index is 14.2. The summed E-state index contributed by atoms with van der Waals surface area (Å²) in [5.74, 6) is 0.923. The van der Waals surface area contributed by atoms with Gasteiger partial charge in [-0.15, -0.1) is 11.3 Å². The van der Waals surface area contributed by atoms with Crippen LogP contribution in [0, 0.1) is 33.6 Å². The first-order valence-corrected chi connectivity index (χ1v) is 15.6. The molecule has 1 saturated carbocycles. The monoisotopic (exact) mass is 575 g/mol. The summed E-state index contributed by atoms with van der Waals surface area (Å²) in [4.78, 5) is 36.3. The van der Waals surface area contributed by atoms with E-state index in [9.17, 15) is 9.59 Å². The van der Waals surface area contributed by atoms with E-state index < -0.39 is 5.79 Å². The predicted octanol–water partition coefficient (Wildman–Crippen LogP) is 6.14. The molecule has 1 aliphatic carbocycles. The summed E-state index contributed by atoms with van der Waals surface area (Å²) in [6.45, 7) is 10.8. The number of aromatic nitrogens is 1. The van der Waals surface area contributed by atoms with Crippen molar-refractivity contribution in [1.29, 1.82) is 0 Å². The smallest absolute Gasteiger partial charge is 0.254 e. The van der Waals surface area contributed by atoms with Crippen LogP contribution in [0.2, 0.25) is 0 Å². The molecule has 3 aromatic rings. The second-order valence-corrected chi connectivity index (χ2v) is 13.8. The number of amides is 1. The Balaban J connectivity index is 1.40. The normalized spacial score (nSPS) is 23.8. The van der Waals surface area contributed by atoms with Crippen molar-refractivity contribution in [2.45, 2.75) is 85.1 Å². The molecule has 218 valence electrons. The van der Waals surface area contributed by atoms with E-state index in [0.29, 0.717) is 35.9 Å². The second kappa shape index (κ2) is 10.3. The van der Waals surface area contributed by atoms with Crippen LogP contribution >= 0.6 is 11.3 Å². The summed E-state index contributed by atoms with van der Waals surface area (Å²) in [6, 6.07) is 6.82. The highest BCUT2D eigenvalue weighted by molar-refractivity contribution is 7.15. The molecule has 0 bridgehead atoms. The molecule has 1 amide bonds. The molecule has 2 aliphatic heterocycles. The zero-order valence-corrected chi connectivity index (χ0v) is 26.1. The Morgan fingerprint density at radius 2 is 1.73 bits per heavy atom. The van der Waals surface area contributed by atoms with Gasteiger partial charge in [0.2, 0.25) is 0 Å². The molecule has 1 aromatic carbocycles. The predicted molar refractivity (Wildman–Crippen MR) is 163 cm³/mol. The SMILES string of the molecule is Cc1cc(C)c(CN2CCc3c(c(C)c4c(c3-c3ccc(C)s3)OC(C)(C3CCC(N(C)C)CC3)O4)C2=O)c(=O)[nH]1. The van der Waals surface area contributed by atoms with E-state index in [2.05, 4.69) is 50.0 Å². The van der Waals surface area contributed by atoms with E-state index in [4.69, 9.17) is 9.47 Å². The summed E-state index contributed by atoms with van der Waals surface area (Å²) in [5, 5.41) is 0. The fourth-order valence-corrected chi connectivity index (χ4v) is 8.05. The molecule has 7 nitrogen and oxygen atoms in total. The van der Waals surface area contributed by atoms with Gasteiger partial charge in [-0.05, 0) is 103 Å². The van der Waals surface area contributed by atoms with Crippen molar-refractivity contribution in [3.63, 3.8) is 0 Å². The number of aromatic amines is 1. The molecule has 1 unspecified atom stereocenters. The molecule has 2 aromatic heterocycles. The minimum atomic E-state index is -0.773. The number of thiophene rings is 1. The molecular formula is C33H41N3O4S. The van der Waals surface area contributed by atoms with Crippen molar-refractivity contribution in [3.05, 3.63) is 66.9 Å². The van der Waals surface area contributed by atoms with Crippen LogP contribution in [0.1, 0.15) is 75.8 Å². The molecule has 1 atom stereocenters. The molecule has 4 heterocycles. The first-order chi connectivity index (χ1) is 19.5. The van der Waals surface area contributed by atoms with Crippen molar-refractivity contribution < 1.29 is 14.3 Å². The molecular weight excluding hydrogens is 534 g/mol. The molecule has 1 fully saturated rings. The fraction of sp³-hybridized carbons (Fsp3) is 0.515. The van der Waals surface area contributed by atoms with E-state index in [-0.39, 0.29) is 23.9 Å². The van der Waals surface area contributed by atoms with Gasteiger partial charge in [-0.2, -0.15) is 0 Å². The van der Waals surface area contributed by atoms with Crippen molar-refractivity contribution in [2.24, 2.45) is 5.92 Å². The van der Waals surface area contributed by atoms with Gasteiger partial charge >= 0.3 is 0 Å². The van der Waals surface area contributed by atoms with Gasteiger partial charge in [0.1, 0.15) is 0 Å². The van der Waals surface area contributed by atoms with E-state index in [1.807, 2.05) is 31.7 Å². The first kappa shape index (κ1) is 28.0. The molecule has 0 spiro atoms. The molecule has 0 saturated heterocycles. The quantitative estimate of drug-likeness (QED) is 0.395. The summed E-state index contributed by atoms with van der Waals surface area (Å²) >= 11 is 1.72. The van der Waals surface area contributed by atoms with E-state index in [0.717, 1.165) is 64.3 Å². The zero-order chi connectivity index (χ0) is 29.2. The van der Waals surface area contributed by atoms with Gasteiger partial charge in [0.15, 0.2) is 11.5 Å². The van der Waals surface area contributed by atoms with Crippen LogP contribution in [-0.4, -0.2) is 53.2 Å². The number of hydrogen-bond donors (Lipinski definition) is 1. The maximum absolute atomic E-state index is 14.2. The van der Waals surface area contributed by atoms with Gasteiger partial charge in [-0.1, -0.05) is 0 Å². The number of H-pyrrole nitrogens is 1. The topological polar surface area (TPSA) is 74.9 Å². The number of hydrogen-bond acceptors (Lipinski definition) is 6. The van der Waals surface area contributed by atoms with Crippen LogP contribution in [0.25, 0.3) is 10.4 Å². The van der Waals surface area contributed by atoms with Crippen LogP contribution < -0.4 is 15.0 Å². The number of ether oxygens (including phenoxy) is 2. The number of rotatable bonds is 5. The number of pyridine rings is 1. The van der Waals surface area contributed by atoms with Crippen LogP contribution in [0.15, 0.2) is 23.0 Å². The number of nitrogens with one attached hydrogen (secondary N) is 1. The highest BCUT2D eigenvalue weighted by Gasteiger charge is 2.49. The minimum absolute atomic E-state index is 0.0517. The molecule has 1 N–H and O–H groups in total. The number of carbonyl (C=O) groups excluding carboxylic acids is 1. The lowest BCUT2D eigenvalue weighted by Gasteiger charge is -2.39. The van der Waals surface area contributed by atoms with Crippen molar-refractivity contribution >= 4 is 17.2 Å². The van der Waals surface area contributed by atoms with Gasteiger partial charge < -0.3 is 24.3 Å². The van der Waals surface area contributed by atoms with E-state index in [1.165, 1.54) is 4.88 Å². The summed E-state index contributed by atoms with van der Waals surface area (Å²) in [5.41, 5.74) is 5.80. The lowest BCUT2D eigenvalue weighted by atomic mass is 9.81. The largest absolute Gasteiger partial charge is 0.448 e.